The molecule has 0 bridgehead atoms. The van der Waals surface area contributed by atoms with Crippen molar-refractivity contribution in [2.24, 2.45) is 5.73 Å². The second-order valence-corrected chi connectivity index (χ2v) is 7.01. The van der Waals surface area contributed by atoms with Crippen LogP contribution in [0.4, 0.5) is 5.69 Å². The van der Waals surface area contributed by atoms with Crippen LogP contribution in [0.25, 0.3) is 0 Å². The van der Waals surface area contributed by atoms with Crippen molar-refractivity contribution < 1.29 is 28.7 Å². The molecule has 0 radical (unpaired) electrons. The number of nitro groups is 1. The summed E-state index contributed by atoms with van der Waals surface area (Å²) in [6.45, 7) is 1.72. The molecule has 0 amide bonds. The number of nitrogens with zero attached hydrogens (tertiary/aromatic N) is 2. The zero-order valence-corrected chi connectivity index (χ0v) is 18.2. The minimum absolute atomic E-state index is 0.0115. The SMILES string of the molecule is COC(=O)C1=C(C)OC(N)=C(C#N)C1c1ccc(OCc2ccc([N+](=O)[O-])cc2)c(OC)c1. The van der Waals surface area contributed by atoms with Gasteiger partial charge in [-0.15, -0.1) is 0 Å². The molecule has 3 rings (SSSR count). The molecule has 2 N–H and O–H groups in total. The minimum atomic E-state index is -0.811. The maximum Gasteiger partial charge on any atom is 0.338 e. The fourth-order valence-corrected chi connectivity index (χ4v) is 3.45. The van der Waals surface area contributed by atoms with E-state index in [1.54, 1.807) is 37.3 Å². The number of non-ortho nitro benzene ring substituents is 1. The van der Waals surface area contributed by atoms with E-state index in [1.807, 2.05) is 6.07 Å². The number of carbonyl (C=O) groups is 1. The number of carbonyl (C=O) groups excluding carboxylic acids is 1. The predicted molar refractivity (Wildman–Crippen MR) is 116 cm³/mol. The molecule has 33 heavy (non-hydrogen) atoms. The van der Waals surface area contributed by atoms with Gasteiger partial charge >= 0.3 is 5.97 Å². The third kappa shape index (κ3) is 4.72. The Hall–Kier alpha value is -4.52. The Morgan fingerprint density at radius 2 is 1.91 bits per heavy atom. The molecule has 1 heterocycles. The number of methoxy groups -OCH3 is 2. The van der Waals surface area contributed by atoms with Gasteiger partial charge in [0.25, 0.3) is 5.69 Å². The van der Waals surface area contributed by atoms with Crippen molar-refractivity contribution in [3.63, 3.8) is 0 Å². The predicted octanol–water partition coefficient (Wildman–Crippen LogP) is 3.44. The summed E-state index contributed by atoms with van der Waals surface area (Å²) in [4.78, 5) is 22.8. The number of nitrogens with two attached hydrogens (primary N) is 1. The average Bonchev–Trinajstić information content (AvgIpc) is 2.82. The van der Waals surface area contributed by atoms with Crippen molar-refractivity contribution in [2.45, 2.75) is 19.4 Å². The number of rotatable bonds is 7. The van der Waals surface area contributed by atoms with E-state index in [2.05, 4.69) is 0 Å². The van der Waals surface area contributed by atoms with Gasteiger partial charge in [-0.2, -0.15) is 5.26 Å². The Morgan fingerprint density at radius 3 is 2.48 bits per heavy atom. The first-order valence-corrected chi connectivity index (χ1v) is 9.71. The monoisotopic (exact) mass is 451 g/mol. The molecule has 10 nitrogen and oxygen atoms in total. The summed E-state index contributed by atoms with van der Waals surface area (Å²) in [5.41, 5.74) is 7.40. The van der Waals surface area contributed by atoms with Crippen molar-refractivity contribution in [2.75, 3.05) is 14.2 Å². The number of hydrogen-bond donors (Lipinski definition) is 1. The van der Waals surface area contributed by atoms with Gasteiger partial charge in [-0.05, 0) is 42.3 Å². The number of ether oxygens (including phenoxy) is 4. The Bertz CT molecular complexity index is 1190. The van der Waals surface area contributed by atoms with E-state index in [1.165, 1.54) is 26.4 Å². The second-order valence-electron chi connectivity index (χ2n) is 7.01. The molecular weight excluding hydrogens is 430 g/mol. The maximum absolute atomic E-state index is 12.4. The minimum Gasteiger partial charge on any atom is -0.493 e. The molecule has 1 aliphatic heterocycles. The Labute approximate surface area is 189 Å². The fourth-order valence-electron chi connectivity index (χ4n) is 3.45. The van der Waals surface area contributed by atoms with E-state index >= 15 is 0 Å². The van der Waals surface area contributed by atoms with Gasteiger partial charge in [0.15, 0.2) is 11.5 Å². The second kappa shape index (κ2) is 9.74. The highest BCUT2D eigenvalue weighted by molar-refractivity contribution is 5.92. The van der Waals surface area contributed by atoms with Gasteiger partial charge in [-0.25, -0.2) is 4.79 Å². The molecule has 1 aliphatic rings. The number of benzene rings is 2. The topological polar surface area (TPSA) is 147 Å². The van der Waals surface area contributed by atoms with E-state index in [9.17, 15) is 20.2 Å². The quantitative estimate of drug-likeness (QED) is 0.380. The van der Waals surface area contributed by atoms with Gasteiger partial charge in [0.2, 0.25) is 5.88 Å². The van der Waals surface area contributed by atoms with Gasteiger partial charge in [-0.3, -0.25) is 10.1 Å². The lowest BCUT2D eigenvalue weighted by Crippen LogP contribution is -2.25. The molecule has 0 spiro atoms. The summed E-state index contributed by atoms with van der Waals surface area (Å²) in [6, 6.07) is 13.0. The molecule has 10 heteroatoms. The maximum atomic E-state index is 12.4. The third-order valence-corrected chi connectivity index (χ3v) is 5.07. The first-order valence-electron chi connectivity index (χ1n) is 9.71. The molecule has 0 saturated heterocycles. The lowest BCUT2D eigenvalue weighted by Gasteiger charge is -2.27. The van der Waals surface area contributed by atoms with Crippen molar-refractivity contribution >= 4 is 11.7 Å². The van der Waals surface area contributed by atoms with Crippen LogP contribution in [0.5, 0.6) is 11.5 Å². The van der Waals surface area contributed by atoms with E-state index in [0.29, 0.717) is 17.1 Å². The highest BCUT2D eigenvalue weighted by Crippen LogP contribution is 2.42. The zero-order chi connectivity index (χ0) is 24.1. The fraction of sp³-hybridized carbons (Fsp3) is 0.217. The van der Waals surface area contributed by atoms with Crippen molar-refractivity contribution in [1.82, 2.24) is 0 Å². The van der Waals surface area contributed by atoms with Gasteiger partial charge in [-0.1, -0.05) is 6.07 Å². The van der Waals surface area contributed by atoms with Gasteiger partial charge < -0.3 is 24.7 Å². The van der Waals surface area contributed by atoms with Crippen molar-refractivity contribution in [3.05, 3.63) is 86.5 Å². The van der Waals surface area contributed by atoms with E-state index < -0.39 is 16.8 Å². The van der Waals surface area contributed by atoms with E-state index in [-0.39, 0.29) is 35.1 Å². The van der Waals surface area contributed by atoms with Crippen LogP contribution in [0, 0.1) is 21.4 Å². The molecule has 0 aliphatic carbocycles. The molecule has 170 valence electrons. The first-order chi connectivity index (χ1) is 15.8. The third-order valence-electron chi connectivity index (χ3n) is 5.07. The summed E-state index contributed by atoms with van der Waals surface area (Å²) >= 11 is 0. The largest absolute Gasteiger partial charge is 0.493 e. The smallest absolute Gasteiger partial charge is 0.338 e. The average molecular weight is 451 g/mol. The van der Waals surface area contributed by atoms with Crippen LogP contribution in [0.3, 0.4) is 0 Å². The highest BCUT2D eigenvalue weighted by Gasteiger charge is 2.36. The molecule has 1 unspecified atom stereocenters. The highest BCUT2D eigenvalue weighted by atomic mass is 16.6. The lowest BCUT2D eigenvalue weighted by atomic mass is 9.83. The molecule has 2 aromatic carbocycles. The van der Waals surface area contributed by atoms with E-state index in [4.69, 9.17) is 24.7 Å². The van der Waals surface area contributed by atoms with Crippen LogP contribution >= 0.6 is 0 Å². The van der Waals surface area contributed by atoms with Crippen LogP contribution in [0.1, 0.15) is 24.0 Å². The normalized spacial score (nSPS) is 15.4. The Morgan fingerprint density at radius 1 is 1.21 bits per heavy atom. The number of esters is 1. The molecule has 2 aromatic rings. The van der Waals surface area contributed by atoms with Gasteiger partial charge in [0.05, 0.1) is 30.6 Å². The van der Waals surface area contributed by atoms with Crippen LogP contribution in [0.15, 0.2) is 65.3 Å². The van der Waals surface area contributed by atoms with Crippen molar-refractivity contribution in [3.8, 4) is 17.6 Å². The van der Waals surface area contributed by atoms with E-state index in [0.717, 1.165) is 5.56 Å². The van der Waals surface area contributed by atoms with Crippen LogP contribution in [0.2, 0.25) is 0 Å². The molecule has 0 saturated carbocycles. The standard InChI is InChI=1S/C23H21N3O7/c1-13-20(23(27)31-3)21(17(11-24)22(25)33-13)15-6-9-18(19(10-15)30-2)32-12-14-4-7-16(8-5-14)26(28)29/h4-10,21H,12,25H2,1-3H3. The summed E-state index contributed by atoms with van der Waals surface area (Å²) in [5, 5.41) is 20.5. The van der Waals surface area contributed by atoms with Gasteiger partial charge in [0, 0.05) is 12.1 Å². The number of nitro benzene ring substituents is 1. The first kappa shape index (κ1) is 23.1. The van der Waals surface area contributed by atoms with Crippen LogP contribution < -0.4 is 15.2 Å². The number of nitriles is 1. The van der Waals surface area contributed by atoms with Crippen LogP contribution in [-0.4, -0.2) is 25.1 Å². The summed E-state index contributed by atoms with van der Waals surface area (Å²) < 4.78 is 21.5. The number of allylic oxidation sites excluding steroid dienone is 2. The van der Waals surface area contributed by atoms with Crippen LogP contribution in [-0.2, 0) is 20.9 Å². The number of hydrogen-bond acceptors (Lipinski definition) is 9. The zero-order valence-electron chi connectivity index (χ0n) is 18.2. The molecule has 1 atom stereocenters. The van der Waals surface area contributed by atoms with Crippen molar-refractivity contribution in [1.29, 1.82) is 5.26 Å². The lowest BCUT2D eigenvalue weighted by molar-refractivity contribution is -0.384. The summed E-state index contributed by atoms with van der Waals surface area (Å²) in [5.74, 6) is -0.545. The molecule has 0 aromatic heterocycles. The molecular formula is C23H21N3O7. The molecule has 0 fully saturated rings. The Kier molecular flexibility index (Phi) is 6.83. The Balaban J connectivity index is 1.93. The summed E-state index contributed by atoms with van der Waals surface area (Å²) in [7, 11) is 2.70. The van der Waals surface area contributed by atoms with Gasteiger partial charge in [0.1, 0.15) is 24.0 Å². The summed E-state index contributed by atoms with van der Waals surface area (Å²) in [6.07, 6.45) is 0.